The van der Waals surface area contributed by atoms with Crippen molar-refractivity contribution in [1.82, 2.24) is 5.32 Å². The van der Waals surface area contributed by atoms with Gasteiger partial charge in [-0.05, 0) is 25.0 Å². The Balaban J connectivity index is 2.13. The van der Waals surface area contributed by atoms with Crippen LogP contribution in [0.5, 0.6) is 5.75 Å². The van der Waals surface area contributed by atoms with Crippen LogP contribution in [0.25, 0.3) is 0 Å². The largest absolute Gasteiger partial charge is 0.495 e. The third-order valence-corrected chi connectivity index (χ3v) is 5.39. The van der Waals surface area contributed by atoms with Gasteiger partial charge in [-0.15, -0.1) is 0 Å². The van der Waals surface area contributed by atoms with Gasteiger partial charge in [0.2, 0.25) is 15.9 Å². The molecular formula is C17H26N2O4S. The number of hydrogen-bond donors (Lipinski definition) is 1. The second-order valence-corrected chi connectivity index (χ2v) is 8.10. The lowest BCUT2D eigenvalue weighted by Gasteiger charge is -2.25. The van der Waals surface area contributed by atoms with Crippen LogP contribution in [0.15, 0.2) is 24.3 Å². The van der Waals surface area contributed by atoms with Crippen molar-refractivity contribution in [2.75, 3.05) is 24.2 Å². The molecule has 0 unspecified atom stereocenters. The molecule has 1 aromatic rings. The number of para-hydroxylation sites is 2. The minimum atomic E-state index is -3.60. The summed E-state index contributed by atoms with van der Waals surface area (Å²) in [5, 5.41) is 2.98. The van der Waals surface area contributed by atoms with E-state index in [4.69, 9.17) is 4.74 Å². The number of benzene rings is 1. The molecule has 1 aromatic carbocycles. The Morgan fingerprint density at radius 2 is 1.83 bits per heavy atom. The number of anilines is 1. The zero-order chi connectivity index (χ0) is 17.6. The molecule has 1 aliphatic rings. The fraction of sp³-hybridized carbons (Fsp3) is 0.588. The van der Waals surface area contributed by atoms with Gasteiger partial charge in [-0.25, -0.2) is 8.42 Å². The van der Waals surface area contributed by atoms with E-state index in [2.05, 4.69) is 5.32 Å². The number of amides is 1. The Morgan fingerprint density at radius 3 is 2.42 bits per heavy atom. The lowest BCUT2D eigenvalue weighted by molar-refractivity contribution is -0.120. The van der Waals surface area contributed by atoms with Crippen LogP contribution in [0, 0.1) is 0 Å². The second kappa shape index (κ2) is 8.37. The second-order valence-electron chi connectivity index (χ2n) is 6.20. The normalized spacial score (nSPS) is 16.2. The van der Waals surface area contributed by atoms with E-state index >= 15 is 0 Å². The third kappa shape index (κ3) is 5.12. The van der Waals surface area contributed by atoms with Crippen molar-refractivity contribution >= 4 is 21.6 Å². The molecule has 0 heterocycles. The molecule has 134 valence electrons. The van der Waals surface area contributed by atoms with E-state index in [1.54, 1.807) is 24.3 Å². The first-order chi connectivity index (χ1) is 11.4. The highest BCUT2D eigenvalue weighted by Gasteiger charge is 2.25. The van der Waals surface area contributed by atoms with E-state index < -0.39 is 10.0 Å². The quantitative estimate of drug-likeness (QED) is 0.796. The summed E-state index contributed by atoms with van der Waals surface area (Å²) in [5.74, 6) is 0.142. The summed E-state index contributed by atoms with van der Waals surface area (Å²) < 4.78 is 30.7. The molecule has 0 bridgehead atoms. The SMILES string of the molecule is COc1ccccc1N(CC(=O)NC1CCCCCC1)S(C)(=O)=O. The first-order valence-corrected chi connectivity index (χ1v) is 10.2. The van der Waals surface area contributed by atoms with Crippen molar-refractivity contribution in [1.29, 1.82) is 0 Å². The molecule has 24 heavy (non-hydrogen) atoms. The fourth-order valence-electron chi connectivity index (χ4n) is 3.04. The minimum absolute atomic E-state index is 0.138. The van der Waals surface area contributed by atoms with Crippen molar-refractivity contribution in [2.45, 2.75) is 44.6 Å². The summed E-state index contributed by atoms with van der Waals surface area (Å²) in [7, 11) is -2.12. The van der Waals surface area contributed by atoms with Gasteiger partial charge in [0.25, 0.3) is 0 Å². The molecule has 0 aromatic heterocycles. The molecule has 2 rings (SSSR count). The summed E-state index contributed by atoms with van der Waals surface area (Å²) in [6.45, 7) is -0.240. The molecule has 7 heteroatoms. The van der Waals surface area contributed by atoms with E-state index in [1.165, 1.54) is 20.0 Å². The number of methoxy groups -OCH3 is 1. The Hall–Kier alpha value is -1.76. The molecule has 6 nitrogen and oxygen atoms in total. The van der Waals surface area contributed by atoms with Crippen LogP contribution in [0.3, 0.4) is 0 Å². The van der Waals surface area contributed by atoms with Crippen LogP contribution in [0.2, 0.25) is 0 Å². The number of nitrogens with zero attached hydrogens (tertiary/aromatic N) is 1. The lowest BCUT2D eigenvalue weighted by Crippen LogP contribution is -2.44. The van der Waals surface area contributed by atoms with Crippen molar-refractivity contribution in [3.05, 3.63) is 24.3 Å². The molecule has 0 radical (unpaired) electrons. The summed E-state index contributed by atoms with van der Waals surface area (Å²) in [4.78, 5) is 12.4. The predicted octanol–water partition coefficient (Wildman–Crippen LogP) is 2.30. The highest BCUT2D eigenvalue weighted by Crippen LogP contribution is 2.29. The summed E-state index contributed by atoms with van der Waals surface area (Å²) in [6, 6.07) is 6.93. The molecule has 1 amide bonds. The number of rotatable bonds is 6. The summed E-state index contributed by atoms with van der Waals surface area (Å²) >= 11 is 0. The smallest absolute Gasteiger partial charge is 0.240 e. The Morgan fingerprint density at radius 1 is 1.21 bits per heavy atom. The first-order valence-electron chi connectivity index (χ1n) is 8.32. The zero-order valence-electron chi connectivity index (χ0n) is 14.3. The molecule has 1 N–H and O–H groups in total. The van der Waals surface area contributed by atoms with E-state index in [0.29, 0.717) is 11.4 Å². The van der Waals surface area contributed by atoms with Gasteiger partial charge >= 0.3 is 0 Å². The maximum absolute atomic E-state index is 12.4. The van der Waals surface area contributed by atoms with Gasteiger partial charge < -0.3 is 10.1 Å². The molecule has 1 aliphatic carbocycles. The van der Waals surface area contributed by atoms with Crippen LogP contribution in [0.4, 0.5) is 5.69 Å². The van der Waals surface area contributed by atoms with Crippen molar-refractivity contribution in [3.63, 3.8) is 0 Å². The first kappa shape index (κ1) is 18.6. The maximum atomic E-state index is 12.4. The van der Waals surface area contributed by atoms with Crippen LogP contribution < -0.4 is 14.4 Å². The summed E-state index contributed by atoms with van der Waals surface area (Å²) in [5.41, 5.74) is 0.374. The van der Waals surface area contributed by atoms with Crippen LogP contribution in [0.1, 0.15) is 38.5 Å². The molecule has 1 fully saturated rings. The molecule has 1 saturated carbocycles. The Kier molecular flexibility index (Phi) is 6.48. The zero-order valence-corrected chi connectivity index (χ0v) is 15.1. The van der Waals surface area contributed by atoms with E-state index in [-0.39, 0.29) is 18.5 Å². The maximum Gasteiger partial charge on any atom is 0.240 e. The standard InChI is InChI=1S/C17H26N2O4S/c1-23-16-12-8-7-11-15(16)19(24(2,21)22)13-17(20)18-14-9-5-3-4-6-10-14/h7-8,11-12,14H,3-6,9-10,13H2,1-2H3,(H,18,20). The van der Waals surface area contributed by atoms with Crippen LogP contribution >= 0.6 is 0 Å². The van der Waals surface area contributed by atoms with Gasteiger partial charge in [-0.1, -0.05) is 37.8 Å². The van der Waals surface area contributed by atoms with Crippen LogP contribution in [-0.4, -0.2) is 40.3 Å². The molecule has 0 atom stereocenters. The highest BCUT2D eigenvalue weighted by atomic mass is 32.2. The van der Waals surface area contributed by atoms with Gasteiger partial charge in [-0.3, -0.25) is 9.10 Å². The minimum Gasteiger partial charge on any atom is -0.495 e. The molecular weight excluding hydrogens is 328 g/mol. The van der Waals surface area contributed by atoms with Crippen molar-refractivity contribution in [2.24, 2.45) is 0 Å². The van der Waals surface area contributed by atoms with E-state index in [1.807, 2.05) is 0 Å². The molecule has 0 saturated heterocycles. The number of hydrogen-bond acceptors (Lipinski definition) is 4. The van der Waals surface area contributed by atoms with Gasteiger partial charge in [0.15, 0.2) is 0 Å². The number of carbonyl (C=O) groups is 1. The predicted molar refractivity (Wildman–Crippen MR) is 94.8 cm³/mol. The number of carbonyl (C=O) groups excluding carboxylic acids is 1. The van der Waals surface area contributed by atoms with Crippen molar-refractivity contribution < 1.29 is 17.9 Å². The van der Waals surface area contributed by atoms with Gasteiger partial charge in [-0.2, -0.15) is 0 Å². The Labute approximate surface area is 144 Å². The summed E-state index contributed by atoms with van der Waals surface area (Å²) in [6.07, 6.45) is 7.61. The third-order valence-electron chi connectivity index (χ3n) is 4.26. The van der Waals surface area contributed by atoms with E-state index in [9.17, 15) is 13.2 Å². The number of ether oxygens (including phenoxy) is 1. The van der Waals surface area contributed by atoms with Gasteiger partial charge in [0, 0.05) is 6.04 Å². The average molecular weight is 354 g/mol. The topological polar surface area (TPSA) is 75.7 Å². The van der Waals surface area contributed by atoms with Crippen LogP contribution in [-0.2, 0) is 14.8 Å². The molecule has 0 spiro atoms. The highest BCUT2D eigenvalue weighted by molar-refractivity contribution is 7.92. The Bertz CT molecular complexity index is 652. The molecule has 0 aliphatic heterocycles. The monoisotopic (exact) mass is 354 g/mol. The number of sulfonamides is 1. The average Bonchev–Trinajstić information content (AvgIpc) is 2.80. The van der Waals surface area contributed by atoms with Gasteiger partial charge in [0.05, 0.1) is 19.1 Å². The van der Waals surface area contributed by atoms with Crippen molar-refractivity contribution in [3.8, 4) is 5.75 Å². The number of nitrogens with one attached hydrogen (secondary N) is 1. The van der Waals surface area contributed by atoms with E-state index in [0.717, 1.165) is 36.2 Å². The fourth-order valence-corrected chi connectivity index (χ4v) is 3.90. The lowest BCUT2D eigenvalue weighted by atomic mass is 10.1. The van der Waals surface area contributed by atoms with Gasteiger partial charge in [0.1, 0.15) is 12.3 Å².